The van der Waals surface area contributed by atoms with Crippen LogP contribution in [0.4, 0.5) is 0 Å². The first-order chi connectivity index (χ1) is 17.2. The number of aliphatic hydroxyl groups excluding tert-OH is 1. The largest absolute Gasteiger partial charge is 0.504 e. The van der Waals surface area contributed by atoms with E-state index in [-0.39, 0.29) is 47.3 Å². The summed E-state index contributed by atoms with van der Waals surface area (Å²) in [5.74, 6) is -2.80. The third-order valence-electron chi connectivity index (χ3n) is 6.10. The van der Waals surface area contributed by atoms with Crippen molar-refractivity contribution in [3.05, 3.63) is 81.9 Å². The number of halogens is 1. The van der Waals surface area contributed by atoms with Crippen molar-refractivity contribution in [3.63, 3.8) is 0 Å². The van der Waals surface area contributed by atoms with Crippen molar-refractivity contribution in [3.8, 4) is 23.0 Å². The Labute approximate surface area is 211 Å². The molecule has 36 heavy (non-hydrogen) atoms. The first kappa shape index (κ1) is 25.2. The van der Waals surface area contributed by atoms with Crippen LogP contribution in [0.3, 0.4) is 0 Å². The second-order valence-corrected chi connectivity index (χ2v) is 8.79. The number of carbonyl (C=O) groups is 2. The summed E-state index contributed by atoms with van der Waals surface area (Å²) in [5, 5.41) is 49.4. The molecule has 1 amide bonds. The summed E-state index contributed by atoms with van der Waals surface area (Å²) in [7, 11) is 0. The summed E-state index contributed by atoms with van der Waals surface area (Å²) >= 11 is 6.31. The molecule has 0 unspecified atom stereocenters. The van der Waals surface area contributed by atoms with E-state index in [1.165, 1.54) is 35.2 Å². The van der Waals surface area contributed by atoms with Crippen molar-refractivity contribution in [1.29, 1.82) is 0 Å². The zero-order chi connectivity index (χ0) is 26.0. The Kier molecular flexibility index (Phi) is 7.23. The Morgan fingerprint density at radius 2 is 1.64 bits per heavy atom. The molecule has 0 fully saturated rings. The summed E-state index contributed by atoms with van der Waals surface area (Å²) in [6.07, 6.45) is 0.0476. The highest BCUT2D eigenvalue weighted by molar-refractivity contribution is 6.33. The van der Waals surface area contributed by atoms with Gasteiger partial charge in [-0.05, 0) is 59.5 Å². The highest BCUT2D eigenvalue weighted by atomic mass is 35.5. The van der Waals surface area contributed by atoms with E-state index in [2.05, 4.69) is 0 Å². The molecular weight excluding hydrogens is 490 g/mol. The number of hydrogen-bond donors (Lipinski definition) is 5. The lowest BCUT2D eigenvalue weighted by Crippen LogP contribution is -2.52. The summed E-state index contributed by atoms with van der Waals surface area (Å²) in [4.78, 5) is 28.3. The molecule has 10 heteroatoms. The number of ether oxygens (including phenoxy) is 1. The fourth-order valence-electron chi connectivity index (χ4n) is 4.42. The smallest absolute Gasteiger partial charge is 0.329 e. The summed E-state index contributed by atoms with van der Waals surface area (Å²) in [6.45, 7) is -0.675. The molecule has 0 saturated carbocycles. The number of aliphatic hydroxyl groups is 1. The standard InChI is InChI=1S/C26H24ClNO8/c27-18-4-2-1-3-16(18)25(34)28-19(9-14-5-6-21(30)22(31)10-14)17-13-24(33)23(32)12-15(17)11-20(28)26(35)36-8-7-29/h1-6,10,12-13,19-20,29-33H,7-9,11H2/t19-,20-/m0/s1. The van der Waals surface area contributed by atoms with Crippen molar-refractivity contribution >= 4 is 23.5 Å². The number of aromatic hydroxyl groups is 4. The van der Waals surface area contributed by atoms with E-state index in [1.54, 1.807) is 24.3 Å². The molecule has 4 rings (SSSR count). The van der Waals surface area contributed by atoms with E-state index >= 15 is 0 Å². The van der Waals surface area contributed by atoms with Crippen LogP contribution in [-0.2, 0) is 22.4 Å². The molecule has 1 aliphatic rings. The Hall–Kier alpha value is -3.95. The topological polar surface area (TPSA) is 148 Å². The third-order valence-corrected chi connectivity index (χ3v) is 6.43. The van der Waals surface area contributed by atoms with Gasteiger partial charge in [-0.25, -0.2) is 4.79 Å². The molecule has 0 bridgehead atoms. The van der Waals surface area contributed by atoms with E-state index in [0.29, 0.717) is 16.7 Å². The molecule has 188 valence electrons. The zero-order valence-electron chi connectivity index (χ0n) is 19.0. The summed E-state index contributed by atoms with van der Waals surface area (Å²) < 4.78 is 5.18. The molecule has 0 radical (unpaired) electrons. The lowest BCUT2D eigenvalue weighted by atomic mass is 9.84. The fraction of sp³-hybridized carbons (Fsp3) is 0.231. The van der Waals surface area contributed by atoms with Crippen LogP contribution in [0, 0.1) is 0 Å². The van der Waals surface area contributed by atoms with Crippen molar-refractivity contribution in [2.45, 2.75) is 24.9 Å². The maximum absolute atomic E-state index is 13.9. The van der Waals surface area contributed by atoms with Gasteiger partial charge in [0.25, 0.3) is 5.91 Å². The van der Waals surface area contributed by atoms with Gasteiger partial charge in [0, 0.05) is 6.42 Å². The van der Waals surface area contributed by atoms with Gasteiger partial charge in [-0.3, -0.25) is 4.79 Å². The minimum atomic E-state index is -1.15. The molecule has 0 aliphatic carbocycles. The van der Waals surface area contributed by atoms with Crippen molar-refractivity contribution in [2.75, 3.05) is 13.2 Å². The molecule has 9 nitrogen and oxygen atoms in total. The second-order valence-electron chi connectivity index (χ2n) is 8.39. The van der Waals surface area contributed by atoms with E-state index in [4.69, 9.17) is 21.4 Å². The van der Waals surface area contributed by atoms with Gasteiger partial charge in [0.2, 0.25) is 0 Å². The second kappa shape index (κ2) is 10.3. The minimum absolute atomic E-state index is 0.0268. The van der Waals surface area contributed by atoms with Crippen LogP contribution in [0.25, 0.3) is 0 Å². The van der Waals surface area contributed by atoms with Crippen molar-refractivity contribution in [1.82, 2.24) is 4.90 Å². The number of rotatable bonds is 6. The maximum atomic E-state index is 13.9. The van der Waals surface area contributed by atoms with E-state index in [0.717, 1.165) is 0 Å². The van der Waals surface area contributed by atoms with Crippen LogP contribution < -0.4 is 0 Å². The maximum Gasteiger partial charge on any atom is 0.329 e. The van der Waals surface area contributed by atoms with E-state index in [1.807, 2.05) is 0 Å². The number of benzene rings is 3. The van der Waals surface area contributed by atoms with Gasteiger partial charge in [0.15, 0.2) is 23.0 Å². The molecule has 1 aliphatic heterocycles. The quantitative estimate of drug-likeness (QED) is 0.249. The third kappa shape index (κ3) is 4.89. The van der Waals surface area contributed by atoms with Gasteiger partial charge in [-0.15, -0.1) is 0 Å². The van der Waals surface area contributed by atoms with Crippen molar-refractivity contribution < 1.29 is 39.9 Å². The Morgan fingerprint density at radius 1 is 0.944 bits per heavy atom. The minimum Gasteiger partial charge on any atom is -0.504 e. The molecule has 0 saturated heterocycles. The van der Waals surface area contributed by atoms with Gasteiger partial charge < -0.3 is 35.2 Å². The number of fused-ring (bicyclic) bond motifs is 1. The van der Waals surface area contributed by atoms with Crippen molar-refractivity contribution in [2.24, 2.45) is 0 Å². The van der Waals surface area contributed by atoms with Gasteiger partial charge in [-0.1, -0.05) is 29.8 Å². The molecule has 5 N–H and O–H groups in total. The highest BCUT2D eigenvalue weighted by Crippen LogP contribution is 2.42. The van der Waals surface area contributed by atoms with E-state index in [9.17, 15) is 30.0 Å². The molecule has 3 aromatic rings. The molecule has 0 spiro atoms. The number of amides is 1. The van der Waals surface area contributed by atoms with E-state index < -0.39 is 36.3 Å². The Balaban J connectivity index is 1.88. The lowest BCUT2D eigenvalue weighted by molar-refractivity contribution is -0.151. The van der Waals surface area contributed by atoms with Gasteiger partial charge in [-0.2, -0.15) is 0 Å². The number of nitrogens with zero attached hydrogens (tertiary/aromatic N) is 1. The van der Waals surface area contributed by atoms with Gasteiger partial charge in [0.1, 0.15) is 12.6 Å². The number of esters is 1. The van der Waals surface area contributed by atoms with Crippen LogP contribution in [0.5, 0.6) is 23.0 Å². The lowest BCUT2D eigenvalue weighted by Gasteiger charge is -2.42. The normalized spacial score (nSPS) is 16.9. The van der Waals surface area contributed by atoms with Crippen LogP contribution in [0.1, 0.15) is 33.1 Å². The molecule has 2 atom stereocenters. The SMILES string of the molecule is O=C(OCCO)[C@@H]1Cc2cc(O)c(O)cc2[C@H](Cc2ccc(O)c(O)c2)N1C(=O)c1ccccc1Cl. The predicted molar refractivity (Wildman–Crippen MR) is 129 cm³/mol. The first-order valence-corrected chi connectivity index (χ1v) is 11.5. The highest BCUT2D eigenvalue weighted by Gasteiger charge is 2.43. The molecule has 0 aromatic heterocycles. The number of hydrogen-bond acceptors (Lipinski definition) is 8. The van der Waals surface area contributed by atoms with Gasteiger partial charge >= 0.3 is 5.97 Å². The van der Waals surface area contributed by atoms with Crippen LogP contribution in [0.2, 0.25) is 5.02 Å². The summed E-state index contributed by atoms with van der Waals surface area (Å²) in [6, 6.07) is 11.2. The first-order valence-electron chi connectivity index (χ1n) is 11.1. The predicted octanol–water partition coefficient (Wildman–Crippen LogP) is 3.05. The monoisotopic (exact) mass is 513 g/mol. The zero-order valence-corrected chi connectivity index (χ0v) is 19.7. The van der Waals surface area contributed by atoms with Crippen LogP contribution in [-0.4, -0.2) is 61.6 Å². The molecule has 3 aromatic carbocycles. The fourth-order valence-corrected chi connectivity index (χ4v) is 4.64. The average molecular weight is 514 g/mol. The average Bonchev–Trinajstić information content (AvgIpc) is 2.85. The number of phenols is 4. The van der Waals surface area contributed by atoms with Crippen LogP contribution >= 0.6 is 11.6 Å². The Bertz CT molecular complexity index is 1310. The molecular formula is C26H24ClNO8. The summed E-state index contributed by atoms with van der Waals surface area (Å²) in [5.41, 5.74) is 1.65. The number of carbonyl (C=O) groups excluding carboxylic acids is 2. The van der Waals surface area contributed by atoms with Gasteiger partial charge in [0.05, 0.1) is 23.2 Å². The number of phenolic OH excluding ortho intramolecular Hbond substituents is 4. The Morgan fingerprint density at radius 3 is 2.33 bits per heavy atom. The van der Waals surface area contributed by atoms with Crippen LogP contribution in [0.15, 0.2) is 54.6 Å². The molecule has 1 heterocycles.